The van der Waals surface area contributed by atoms with Gasteiger partial charge in [0.25, 0.3) is 11.4 Å². The molecule has 2 atom stereocenters. The van der Waals surface area contributed by atoms with Crippen molar-refractivity contribution in [2.24, 2.45) is 0 Å². The zero-order chi connectivity index (χ0) is 39.0. The van der Waals surface area contributed by atoms with Crippen LogP contribution in [0.3, 0.4) is 0 Å². The van der Waals surface area contributed by atoms with E-state index in [0.29, 0.717) is 0 Å². The summed E-state index contributed by atoms with van der Waals surface area (Å²) in [5.41, 5.74) is -0.482. The van der Waals surface area contributed by atoms with E-state index in [1.807, 2.05) is 0 Å². The second-order valence-electron chi connectivity index (χ2n) is 11.3. The number of nitrogens with zero attached hydrogens (tertiary/aromatic N) is 6. The molecule has 0 saturated carbocycles. The Kier molecular flexibility index (Phi) is 12.7. The van der Waals surface area contributed by atoms with Crippen molar-refractivity contribution in [3.8, 4) is 0 Å². The average molecular weight is 757 g/mol. The standard InChI is InChI=1S/C32H32N6O14S/c1-51-31(45)33-11-13-35(23(17-33)29(41)42)27(39)9-5-19-3-7-25(21(15-19)37(47)48)53-26-8-4-20(16-22(26)38(49)50)6-10-28(40)36-14-12-34(32(46)52-2)18-24(36)30(43)44/h3-10,15-16,23-24H,11-14,17-18H2,1-2H3,(H,41,42)(H,43,44). The number of hydrogen-bond acceptors (Lipinski definition) is 13. The molecule has 2 saturated heterocycles. The third-order valence-electron chi connectivity index (χ3n) is 8.18. The number of carboxylic acid groups (broad SMARTS) is 2. The maximum atomic E-state index is 12.9. The van der Waals surface area contributed by atoms with Crippen molar-refractivity contribution in [1.82, 2.24) is 19.6 Å². The second kappa shape index (κ2) is 17.1. The Balaban J connectivity index is 1.50. The quantitative estimate of drug-likeness (QED) is 0.200. The Bertz CT molecular complexity index is 1770. The predicted octanol–water partition coefficient (Wildman–Crippen LogP) is 2.41. The highest BCUT2D eigenvalue weighted by Crippen LogP contribution is 2.40. The van der Waals surface area contributed by atoms with Crippen molar-refractivity contribution in [2.45, 2.75) is 21.9 Å². The van der Waals surface area contributed by atoms with Crippen LogP contribution in [0.5, 0.6) is 0 Å². The molecule has 2 fully saturated rings. The first-order valence-electron chi connectivity index (χ1n) is 15.5. The molecule has 0 radical (unpaired) electrons. The number of hydrogen-bond donors (Lipinski definition) is 2. The van der Waals surface area contributed by atoms with Crippen LogP contribution in [0.2, 0.25) is 0 Å². The van der Waals surface area contributed by atoms with E-state index in [1.165, 1.54) is 36.4 Å². The molecule has 53 heavy (non-hydrogen) atoms. The maximum Gasteiger partial charge on any atom is 0.409 e. The number of aliphatic carboxylic acids is 2. The van der Waals surface area contributed by atoms with Crippen LogP contribution >= 0.6 is 11.8 Å². The summed E-state index contributed by atoms with van der Waals surface area (Å²) in [6.07, 6.45) is 3.10. The van der Waals surface area contributed by atoms with Crippen LogP contribution < -0.4 is 0 Å². The van der Waals surface area contributed by atoms with Gasteiger partial charge in [0.05, 0.1) is 46.9 Å². The maximum absolute atomic E-state index is 12.9. The summed E-state index contributed by atoms with van der Waals surface area (Å²) in [7, 11) is 2.29. The smallest absolute Gasteiger partial charge is 0.409 e. The van der Waals surface area contributed by atoms with Gasteiger partial charge in [-0.25, -0.2) is 19.2 Å². The molecule has 2 heterocycles. The molecular weight excluding hydrogens is 724 g/mol. The Morgan fingerprint density at radius 3 is 1.40 bits per heavy atom. The molecule has 0 spiro atoms. The minimum absolute atomic E-state index is 0.0238. The summed E-state index contributed by atoms with van der Waals surface area (Å²) >= 11 is 0.728. The van der Waals surface area contributed by atoms with Crippen molar-refractivity contribution in [1.29, 1.82) is 0 Å². The van der Waals surface area contributed by atoms with E-state index in [9.17, 15) is 59.2 Å². The Labute approximate surface area is 304 Å². The number of carbonyl (C=O) groups is 6. The molecular formula is C32H32N6O14S. The van der Waals surface area contributed by atoms with Gasteiger partial charge >= 0.3 is 24.1 Å². The van der Waals surface area contributed by atoms with Crippen molar-refractivity contribution < 1.29 is 58.3 Å². The van der Waals surface area contributed by atoms with Gasteiger partial charge < -0.3 is 39.3 Å². The Morgan fingerprint density at radius 2 is 1.08 bits per heavy atom. The lowest BCUT2D eigenvalue weighted by atomic mass is 10.1. The van der Waals surface area contributed by atoms with Crippen LogP contribution in [0, 0.1) is 20.2 Å². The Hall–Kier alpha value is -6.51. The molecule has 2 aromatic carbocycles. The SMILES string of the molecule is COC(=O)N1CCN(C(=O)C=Cc2ccc(Sc3ccc(C=CC(=O)N4CCN(C(=O)OC)CC4C(=O)O)cc3[N+](=O)[O-])c([N+](=O)[O-])c2)C(C(=O)O)C1. The third kappa shape index (κ3) is 9.44. The van der Waals surface area contributed by atoms with E-state index in [1.54, 1.807) is 0 Å². The van der Waals surface area contributed by atoms with E-state index in [0.717, 1.165) is 69.9 Å². The molecule has 2 aliphatic rings. The lowest BCUT2D eigenvalue weighted by Gasteiger charge is -2.38. The fourth-order valence-electron chi connectivity index (χ4n) is 5.49. The van der Waals surface area contributed by atoms with E-state index in [-0.39, 0.29) is 60.2 Å². The molecule has 20 nitrogen and oxygen atoms in total. The minimum Gasteiger partial charge on any atom is -0.480 e. The number of carbonyl (C=O) groups excluding carboxylic acids is 4. The van der Waals surface area contributed by atoms with Gasteiger partial charge in [-0.3, -0.25) is 29.8 Å². The summed E-state index contributed by atoms with van der Waals surface area (Å²) in [6, 6.07) is 5.07. The molecule has 0 bridgehead atoms. The first kappa shape index (κ1) is 39.3. The summed E-state index contributed by atoms with van der Waals surface area (Å²) in [5, 5.41) is 43.3. The molecule has 2 N–H and O–H groups in total. The number of amides is 4. The van der Waals surface area contributed by atoms with Crippen LogP contribution in [0.15, 0.2) is 58.3 Å². The zero-order valence-corrected chi connectivity index (χ0v) is 28.9. The second-order valence-corrected chi connectivity index (χ2v) is 12.4. The van der Waals surface area contributed by atoms with Crippen LogP contribution in [0.25, 0.3) is 12.2 Å². The average Bonchev–Trinajstić information content (AvgIpc) is 3.15. The predicted molar refractivity (Wildman–Crippen MR) is 183 cm³/mol. The molecule has 2 unspecified atom stereocenters. The monoisotopic (exact) mass is 756 g/mol. The summed E-state index contributed by atoms with van der Waals surface area (Å²) in [5.74, 6) is -4.11. The molecule has 0 aromatic heterocycles. The lowest BCUT2D eigenvalue weighted by molar-refractivity contribution is -0.388. The number of nitro benzene ring substituents is 2. The molecule has 2 aliphatic heterocycles. The number of piperazine rings is 2. The summed E-state index contributed by atoms with van der Waals surface area (Å²) in [6.45, 7) is -0.750. The summed E-state index contributed by atoms with van der Waals surface area (Å²) < 4.78 is 9.24. The lowest BCUT2D eigenvalue weighted by Crippen LogP contribution is -2.59. The van der Waals surface area contributed by atoms with Gasteiger partial charge in [0, 0.05) is 50.5 Å². The van der Waals surface area contributed by atoms with Crippen molar-refractivity contribution in [3.05, 3.63) is 79.9 Å². The van der Waals surface area contributed by atoms with Gasteiger partial charge in [-0.1, -0.05) is 23.9 Å². The van der Waals surface area contributed by atoms with E-state index < -0.39 is 69.2 Å². The van der Waals surface area contributed by atoms with Crippen LogP contribution in [0.1, 0.15) is 11.1 Å². The normalized spacial score (nSPS) is 17.5. The fraction of sp³-hybridized carbons (Fsp3) is 0.312. The molecule has 4 rings (SSSR count). The van der Waals surface area contributed by atoms with Gasteiger partial charge in [-0.2, -0.15) is 0 Å². The highest BCUT2D eigenvalue weighted by atomic mass is 32.2. The largest absolute Gasteiger partial charge is 0.480 e. The van der Waals surface area contributed by atoms with Gasteiger partial charge in [0.2, 0.25) is 11.8 Å². The topological polar surface area (TPSA) is 261 Å². The van der Waals surface area contributed by atoms with E-state index in [2.05, 4.69) is 9.47 Å². The molecule has 4 amide bonds. The summed E-state index contributed by atoms with van der Waals surface area (Å²) in [4.78, 5) is 100. The van der Waals surface area contributed by atoms with Gasteiger partial charge in [-0.15, -0.1) is 0 Å². The first-order valence-corrected chi connectivity index (χ1v) is 16.3. The number of benzene rings is 2. The minimum atomic E-state index is -1.36. The van der Waals surface area contributed by atoms with Crippen LogP contribution in [-0.2, 0) is 28.7 Å². The third-order valence-corrected chi connectivity index (χ3v) is 9.31. The highest BCUT2D eigenvalue weighted by Gasteiger charge is 2.38. The van der Waals surface area contributed by atoms with Gasteiger partial charge in [-0.05, 0) is 35.4 Å². The molecule has 0 aliphatic carbocycles. The molecule has 280 valence electrons. The van der Waals surface area contributed by atoms with Crippen molar-refractivity contribution in [2.75, 3.05) is 53.5 Å². The van der Waals surface area contributed by atoms with Gasteiger partial charge in [0.1, 0.15) is 12.1 Å². The zero-order valence-electron chi connectivity index (χ0n) is 28.1. The molecule has 21 heteroatoms. The van der Waals surface area contributed by atoms with Crippen LogP contribution in [-0.4, -0.2) is 141 Å². The first-order chi connectivity index (χ1) is 25.1. The number of methoxy groups -OCH3 is 2. The number of rotatable bonds is 10. The number of nitro groups is 2. The molecule has 2 aromatic rings. The van der Waals surface area contributed by atoms with Crippen molar-refractivity contribution >= 4 is 71.2 Å². The van der Waals surface area contributed by atoms with Gasteiger partial charge in [0.15, 0.2) is 0 Å². The number of carboxylic acids is 2. The van der Waals surface area contributed by atoms with Crippen molar-refractivity contribution in [3.63, 3.8) is 0 Å². The number of ether oxygens (including phenoxy) is 2. The van der Waals surface area contributed by atoms with E-state index in [4.69, 9.17) is 0 Å². The van der Waals surface area contributed by atoms with E-state index >= 15 is 0 Å². The van der Waals surface area contributed by atoms with Crippen LogP contribution in [0.4, 0.5) is 21.0 Å². The highest BCUT2D eigenvalue weighted by molar-refractivity contribution is 7.99. The Morgan fingerprint density at radius 1 is 0.698 bits per heavy atom. The fourth-order valence-corrected chi connectivity index (χ4v) is 6.47.